The van der Waals surface area contributed by atoms with Crippen LogP contribution in [0.25, 0.3) is 0 Å². The van der Waals surface area contributed by atoms with Gasteiger partial charge in [0.05, 0.1) is 18.8 Å². The molecule has 3 N–H and O–H groups in total. The molecule has 19 heavy (non-hydrogen) atoms. The Hall–Kier alpha value is -2.12. The van der Waals surface area contributed by atoms with Crippen molar-refractivity contribution in [3.63, 3.8) is 0 Å². The van der Waals surface area contributed by atoms with E-state index in [1.807, 2.05) is 0 Å². The number of aromatic nitrogens is 2. The van der Waals surface area contributed by atoms with Crippen molar-refractivity contribution in [2.45, 2.75) is 6.04 Å². The fourth-order valence-electron chi connectivity index (χ4n) is 1.70. The minimum Gasteiger partial charge on any atom is -0.481 e. The third-order valence-corrected chi connectivity index (χ3v) is 2.63. The van der Waals surface area contributed by atoms with E-state index in [2.05, 4.69) is 15.4 Å². The summed E-state index contributed by atoms with van der Waals surface area (Å²) >= 11 is 0. The smallest absolute Gasteiger partial charge is 0.216 e. The molecule has 1 aromatic carbocycles. The van der Waals surface area contributed by atoms with Gasteiger partial charge >= 0.3 is 0 Å². The minimum atomic E-state index is -0.969. The van der Waals surface area contributed by atoms with Crippen LogP contribution in [-0.4, -0.2) is 17.1 Å². The highest BCUT2D eigenvalue weighted by Gasteiger charge is 2.20. The molecule has 1 heterocycles. The Bertz CT molecular complexity index is 579. The minimum absolute atomic E-state index is 0.0586. The van der Waals surface area contributed by atoms with Gasteiger partial charge in [0, 0.05) is 11.6 Å². The summed E-state index contributed by atoms with van der Waals surface area (Å²) in [4.78, 5) is 7.82. The number of ether oxygens (including phenoxy) is 1. The predicted molar refractivity (Wildman–Crippen MR) is 64.1 cm³/mol. The molecule has 0 saturated carbocycles. The first-order chi connectivity index (χ1) is 9.17. The number of rotatable bonds is 4. The molecule has 0 aliphatic rings. The van der Waals surface area contributed by atoms with E-state index in [0.29, 0.717) is 11.6 Å². The average Bonchev–Trinajstić information content (AvgIpc) is 2.44. The highest BCUT2D eigenvalue weighted by Crippen LogP contribution is 2.24. The van der Waals surface area contributed by atoms with Gasteiger partial charge in [-0.25, -0.2) is 24.2 Å². The van der Waals surface area contributed by atoms with Crippen molar-refractivity contribution in [1.82, 2.24) is 15.4 Å². The average molecular weight is 266 g/mol. The number of methoxy groups -OCH3 is 1. The fraction of sp³-hybridized carbons (Fsp3) is 0.167. The Morgan fingerprint density at radius 2 is 2.11 bits per heavy atom. The summed E-state index contributed by atoms with van der Waals surface area (Å²) in [5, 5.41) is 0. The topological polar surface area (TPSA) is 73.1 Å². The summed E-state index contributed by atoms with van der Waals surface area (Å²) in [5.41, 5.74) is 2.83. The van der Waals surface area contributed by atoms with Crippen LogP contribution >= 0.6 is 0 Å². The molecule has 0 bridgehead atoms. The number of benzene rings is 1. The number of nitrogens with two attached hydrogens (primary N) is 1. The molecule has 0 aliphatic heterocycles. The fourth-order valence-corrected chi connectivity index (χ4v) is 1.70. The van der Waals surface area contributed by atoms with E-state index in [4.69, 9.17) is 10.6 Å². The van der Waals surface area contributed by atoms with Crippen LogP contribution in [0.4, 0.5) is 8.78 Å². The lowest BCUT2D eigenvalue weighted by molar-refractivity contribution is 0.394. The highest BCUT2D eigenvalue weighted by molar-refractivity contribution is 5.30. The largest absolute Gasteiger partial charge is 0.481 e. The van der Waals surface area contributed by atoms with Crippen LogP contribution in [0, 0.1) is 11.6 Å². The lowest BCUT2D eigenvalue weighted by atomic mass is 10.0. The van der Waals surface area contributed by atoms with Crippen LogP contribution in [0.2, 0.25) is 0 Å². The standard InChI is InChI=1S/C12H12F2N4O/c1-19-10-5-9(16-6-17-10)12(18-15)7-3-2-4-8(13)11(7)14/h2-6,12,18H,15H2,1H3. The maximum Gasteiger partial charge on any atom is 0.216 e. The van der Waals surface area contributed by atoms with Gasteiger partial charge in [0.25, 0.3) is 0 Å². The summed E-state index contributed by atoms with van der Waals surface area (Å²) in [6.07, 6.45) is 1.26. The zero-order chi connectivity index (χ0) is 13.8. The quantitative estimate of drug-likeness (QED) is 0.645. The summed E-state index contributed by atoms with van der Waals surface area (Å²) in [5.74, 6) is 3.80. The molecular weight excluding hydrogens is 254 g/mol. The summed E-state index contributed by atoms with van der Waals surface area (Å²) < 4.78 is 31.9. The molecule has 7 heteroatoms. The van der Waals surface area contributed by atoms with Gasteiger partial charge in [0.1, 0.15) is 6.33 Å². The second-order valence-electron chi connectivity index (χ2n) is 3.73. The molecule has 0 spiro atoms. The molecule has 2 rings (SSSR count). The molecule has 0 amide bonds. The van der Waals surface area contributed by atoms with Gasteiger partial charge in [-0.1, -0.05) is 12.1 Å². The normalized spacial score (nSPS) is 12.2. The van der Waals surface area contributed by atoms with Gasteiger partial charge in [0.15, 0.2) is 11.6 Å². The molecule has 0 aliphatic carbocycles. The van der Waals surface area contributed by atoms with E-state index in [1.165, 1.54) is 31.6 Å². The summed E-state index contributed by atoms with van der Waals surface area (Å²) in [7, 11) is 1.44. The van der Waals surface area contributed by atoms with Gasteiger partial charge in [-0.3, -0.25) is 5.84 Å². The lowest BCUT2D eigenvalue weighted by Gasteiger charge is -2.16. The molecule has 1 atom stereocenters. The van der Waals surface area contributed by atoms with E-state index in [9.17, 15) is 8.78 Å². The summed E-state index contributed by atoms with van der Waals surface area (Å²) in [6.45, 7) is 0. The molecule has 1 unspecified atom stereocenters. The first-order valence-electron chi connectivity index (χ1n) is 5.43. The third kappa shape index (κ3) is 2.67. The zero-order valence-corrected chi connectivity index (χ0v) is 10.1. The van der Waals surface area contributed by atoms with Crippen LogP contribution in [0.5, 0.6) is 5.88 Å². The number of hydrogen-bond donors (Lipinski definition) is 2. The van der Waals surface area contributed by atoms with E-state index in [0.717, 1.165) is 6.07 Å². The van der Waals surface area contributed by atoms with Crippen LogP contribution in [-0.2, 0) is 0 Å². The third-order valence-electron chi connectivity index (χ3n) is 2.63. The van der Waals surface area contributed by atoms with Crippen LogP contribution < -0.4 is 16.0 Å². The molecule has 1 aromatic heterocycles. The Kier molecular flexibility index (Phi) is 3.98. The van der Waals surface area contributed by atoms with Gasteiger partial charge in [0.2, 0.25) is 5.88 Å². The SMILES string of the molecule is COc1cc(C(NN)c2cccc(F)c2F)ncn1. The Morgan fingerprint density at radius 3 is 2.79 bits per heavy atom. The molecule has 0 radical (unpaired) electrons. The van der Waals surface area contributed by atoms with Gasteiger partial charge in [-0.05, 0) is 6.07 Å². The molecule has 0 saturated heterocycles. The lowest BCUT2D eigenvalue weighted by Crippen LogP contribution is -2.30. The van der Waals surface area contributed by atoms with Crippen molar-refractivity contribution < 1.29 is 13.5 Å². The monoisotopic (exact) mass is 266 g/mol. The number of hydrogen-bond acceptors (Lipinski definition) is 5. The number of halogens is 2. The number of hydrazine groups is 1. The first-order valence-corrected chi connectivity index (χ1v) is 5.43. The van der Waals surface area contributed by atoms with Crippen molar-refractivity contribution in [3.05, 3.63) is 53.5 Å². The summed E-state index contributed by atoms with van der Waals surface area (Å²) in [6, 6.07) is 4.56. The van der Waals surface area contributed by atoms with Crippen molar-refractivity contribution >= 4 is 0 Å². The van der Waals surface area contributed by atoms with E-state index in [-0.39, 0.29) is 5.56 Å². The molecule has 100 valence electrons. The van der Waals surface area contributed by atoms with Crippen molar-refractivity contribution in [2.75, 3.05) is 7.11 Å². The van der Waals surface area contributed by atoms with E-state index >= 15 is 0 Å². The van der Waals surface area contributed by atoms with Crippen molar-refractivity contribution in [1.29, 1.82) is 0 Å². The van der Waals surface area contributed by atoms with Gasteiger partial charge in [-0.2, -0.15) is 0 Å². The van der Waals surface area contributed by atoms with Crippen molar-refractivity contribution in [2.24, 2.45) is 5.84 Å². The van der Waals surface area contributed by atoms with Crippen LogP contribution in [0.15, 0.2) is 30.6 Å². The Labute approximate surface area is 108 Å². The van der Waals surface area contributed by atoms with E-state index in [1.54, 1.807) is 0 Å². The molecule has 2 aromatic rings. The number of nitrogens with one attached hydrogen (secondary N) is 1. The Morgan fingerprint density at radius 1 is 1.32 bits per heavy atom. The molecule has 0 fully saturated rings. The predicted octanol–water partition coefficient (Wildman–Crippen LogP) is 1.32. The van der Waals surface area contributed by atoms with Crippen molar-refractivity contribution in [3.8, 4) is 5.88 Å². The second-order valence-corrected chi connectivity index (χ2v) is 3.73. The second kappa shape index (κ2) is 5.68. The van der Waals surface area contributed by atoms with Gasteiger partial charge in [-0.15, -0.1) is 0 Å². The Balaban J connectivity index is 2.46. The maximum absolute atomic E-state index is 13.8. The van der Waals surface area contributed by atoms with Crippen LogP contribution in [0.3, 0.4) is 0 Å². The molecular formula is C12H12F2N4O. The first kappa shape index (κ1) is 13.3. The molecule has 5 nitrogen and oxygen atoms in total. The number of nitrogens with zero attached hydrogens (tertiary/aromatic N) is 2. The zero-order valence-electron chi connectivity index (χ0n) is 10.1. The van der Waals surface area contributed by atoms with Gasteiger partial charge < -0.3 is 4.74 Å². The highest BCUT2D eigenvalue weighted by atomic mass is 19.2. The van der Waals surface area contributed by atoms with Crippen LogP contribution in [0.1, 0.15) is 17.3 Å². The van der Waals surface area contributed by atoms with E-state index < -0.39 is 17.7 Å². The maximum atomic E-state index is 13.8.